The number of ether oxygens (including phenoxy) is 1. The zero-order valence-electron chi connectivity index (χ0n) is 6.39. The van der Waals surface area contributed by atoms with Gasteiger partial charge in [0.05, 0.1) is 6.10 Å². The number of hydrogen-bond acceptors (Lipinski definition) is 1. The van der Waals surface area contributed by atoms with Gasteiger partial charge in [-0.1, -0.05) is 13.0 Å². The number of rotatable bonds is 5. The van der Waals surface area contributed by atoms with Gasteiger partial charge in [0.25, 0.3) is 0 Å². The first-order valence-electron chi connectivity index (χ1n) is 3.57. The molecule has 0 bridgehead atoms. The van der Waals surface area contributed by atoms with Gasteiger partial charge in [0.15, 0.2) is 0 Å². The van der Waals surface area contributed by atoms with Crippen LogP contribution in [0.25, 0.3) is 0 Å². The van der Waals surface area contributed by atoms with Crippen LogP contribution in [-0.4, -0.2) is 22.6 Å². The van der Waals surface area contributed by atoms with Crippen molar-refractivity contribution in [3.63, 3.8) is 0 Å². The van der Waals surface area contributed by atoms with E-state index in [1.165, 1.54) is 0 Å². The highest BCUT2D eigenvalue weighted by Gasteiger charge is 2.00. The molecule has 0 aliphatic heterocycles. The summed E-state index contributed by atoms with van der Waals surface area (Å²) in [5, 5.41) is 0. The summed E-state index contributed by atoms with van der Waals surface area (Å²) < 4.78 is 5.42. The van der Waals surface area contributed by atoms with Crippen LogP contribution in [0, 0.1) is 0 Å². The Balaban J connectivity index is 3.28. The summed E-state index contributed by atoms with van der Waals surface area (Å²) in [7, 11) is 1.14. The third-order valence-electron chi connectivity index (χ3n) is 1.29. The van der Waals surface area contributed by atoms with E-state index >= 15 is 0 Å². The van der Waals surface area contributed by atoms with Crippen LogP contribution in [0.3, 0.4) is 0 Å². The Kier molecular flexibility index (Phi) is 5.99. The van der Waals surface area contributed by atoms with Crippen LogP contribution in [0.5, 0.6) is 0 Å². The zero-order valence-corrected chi connectivity index (χ0v) is 8.39. The predicted octanol–water partition coefficient (Wildman–Crippen LogP) is 0.681. The molecule has 0 amide bonds. The Bertz CT molecular complexity index is 73.3. The van der Waals surface area contributed by atoms with Crippen molar-refractivity contribution in [1.29, 1.82) is 0 Å². The molecule has 1 unspecified atom stereocenters. The zero-order chi connectivity index (χ0) is 7.11. The second-order valence-corrected chi connectivity index (χ2v) is 2.59. The highest BCUT2D eigenvalue weighted by Crippen LogP contribution is 2.02. The Morgan fingerprint density at radius 2 is 2.44 bits per heavy atom. The smallest absolute Gasteiger partial charge is 0.0602 e. The molecule has 0 saturated heterocycles. The average molecular weight is 144 g/mol. The summed E-state index contributed by atoms with van der Waals surface area (Å²) in [5.74, 6) is 0. The SMILES string of the molecule is C=CCC(CC)OC[SiH3]. The highest BCUT2D eigenvalue weighted by molar-refractivity contribution is 6.08. The lowest BCUT2D eigenvalue weighted by Gasteiger charge is -2.11. The third kappa shape index (κ3) is 4.42. The first-order valence-corrected chi connectivity index (χ1v) is 4.99. The van der Waals surface area contributed by atoms with Gasteiger partial charge in [0.2, 0.25) is 0 Å². The van der Waals surface area contributed by atoms with Crippen LogP contribution in [0.2, 0.25) is 0 Å². The van der Waals surface area contributed by atoms with E-state index in [4.69, 9.17) is 4.74 Å². The second-order valence-electron chi connectivity index (χ2n) is 2.01. The Labute approximate surface area is 60.5 Å². The molecule has 0 radical (unpaired) electrons. The Morgan fingerprint density at radius 1 is 1.78 bits per heavy atom. The molecule has 9 heavy (non-hydrogen) atoms. The summed E-state index contributed by atoms with van der Waals surface area (Å²) in [6.45, 7) is 5.81. The lowest BCUT2D eigenvalue weighted by atomic mass is 10.2. The molecular weight excluding hydrogens is 128 g/mol. The average Bonchev–Trinajstić information content (AvgIpc) is 1.88. The van der Waals surface area contributed by atoms with Crippen LogP contribution >= 0.6 is 0 Å². The Morgan fingerprint density at radius 3 is 2.78 bits per heavy atom. The van der Waals surface area contributed by atoms with E-state index in [0.29, 0.717) is 6.10 Å². The van der Waals surface area contributed by atoms with Crippen LogP contribution in [0.15, 0.2) is 12.7 Å². The van der Waals surface area contributed by atoms with Crippen molar-refractivity contribution in [3.05, 3.63) is 12.7 Å². The topological polar surface area (TPSA) is 9.23 Å². The lowest BCUT2D eigenvalue weighted by Crippen LogP contribution is -2.11. The minimum Gasteiger partial charge on any atom is -0.382 e. The molecule has 0 aromatic heterocycles. The first kappa shape index (κ1) is 8.92. The summed E-state index contributed by atoms with van der Waals surface area (Å²) in [6.07, 6.45) is 5.41. The van der Waals surface area contributed by atoms with Gasteiger partial charge in [-0.15, -0.1) is 6.58 Å². The molecule has 0 aromatic rings. The molecule has 1 atom stereocenters. The maximum atomic E-state index is 5.42. The van der Waals surface area contributed by atoms with Gasteiger partial charge < -0.3 is 4.74 Å². The summed E-state index contributed by atoms with van der Waals surface area (Å²) >= 11 is 0. The van der Waals surface area contributed by atoms with Crippen molar-refractivity contribution in [2.75, 3.05) is 6.23 Å². The van der Waals surface area contributed by atoms with Gasteiger partial charge in [0, 0.05) is 16.5 Å². The van der Waals surface area contributed by atoms with Crippen molar-refractivity contribution in [1.82, 2.24) is 0 Å². The quantitative estimate of drug-likeness (QED) is 0.407. The minimum absolute atomic E-state index is 0.431. The fraction of sp³-hybridized carbons (Fsp3) is 0.714. The van der Waals surface area contributed by atoms with Gasteiger partial charge in [-0.2, -0.15) is 0 Å². The fourth-order valence-electron chi connectivity index (χ4n) is 0.774. The summed E-state index contributed by atoms with van der Waals surface area (Å²) in [6, 6.07) is 0. The summed E-state index contributed by atoms with van der Waals surface area (Å²) in [4.78, 5) is 0. The molecule has 2 heteroatoms. The first-order chi connectivity index (χ1) is 4.35. The van der Waals surface area contributed by atoms with Gasteiger partial charge in [-0.3, -0.25) is 0 Å². The largest absolute Gasteiger partial charge is 0.382 e. The van der Waals surface area contributed by atoms with E-state index in [1.54, 1.807) is 0 Å². The van der Waals surface area contributed by atoms with Crippen molar-refractivity contribution >= 4 is 10.2 Å². The van der Waals surface area contributed by atoms with Crippen LogP contribution in [0.1, 0.15) is 19.8 Å². The van der Waals surface area contributed by atoms with Gasteiger partial charge >= 0.3 is 0 Å². The molecule has 0 saturated carbocycles. The van der Waals surface area contributed by atoms with E-state index in [9.17, 15) is 0 Å². The molecular formula is C7H16OSi. The minimum atomic E-state index is 0.431. The van der Waals surface area contributed by atoms with Gasteiger partial charge in [0.1, 0.15) is 0 Å². The van der Waals surface area contributed by atoms with Crippen LogP contribution in [0.4, 0.5) is 0 Å². The molecule has 0 aromatic carbocycles. The van der Waals surface area contributed by atoms with Crippen molar-refractivity contribution in [3.8, 4) is 0 Å². The molecule has 0 spiro atoms. The second kappa shape index (κ2) is 6.04. The van der Waals surface area contributed by atoms with Gasteiger partial charge in [-0.25, -0.2) is 0 Å². The van der Waals surface area contributed by atoms with E-state index in [2.05, 4.69) is 13.5 Å². The lowest BCUT2D eigenvalue weighted by molar-refractivity contribution is 0.0865. The fourth-order valence-corrected chi connectivity index (χ4v) is 1.25. The molecule has 1 nitrogen and oxygen atoms in total. The normalized spacial score (nSPS) is 13.4. The van der Waals surface area contributed by atoms with Crippen molar-refractivity contribution in [2.24, 2.45) is 0 Å². The van der Waals surface area contributed by atoms with Gasteiger partial charge in [-0.05, 0) is 12.8 Å². The maximum Gasteiger partial charge on any atom is 0.0602 e. The monoisotopic (exact) mass is 144 g/mol. The van der Waals surface area contributed by atoms with E-state index in [-0.39, 0.29) is 0 Å². The van der Waals surface area contributed by atoms with Crippen LogP contribution in [-0.2, 0) is 4.74 Å². The third-order valence-corrected chi connectivity index (χ3v) is 1.62. The van der Waals surface area contributed by atoms with E-state index < -0.39 is 0 Å². The van der Waals surface area contributed by atoms with Crippen molar-refractivity contribution in [2.45, 2.75) is 25.9 Å². The van der Waals surface area contributed by atoms with Crippen LogP contribution < -0.4 is 0 Å². The summed E-state index contributed by atoms with van der Waals surface area (Å²) in [5.41, 5.74) is 0. The van der Waals surface area contributed by atoms with E-state index in [0.717, 1.165) is 29.3 Å². The molecule has 0 rings (SSSR count). The van der Waals surface area contributed by atoms with Crippen molar-refractivity contribution < 1.29 is 4.74 Å². The molecule has 54 valence electrons. The Hall–Kier alpha value is -0.0831. The van der Waals surface area contributed by atoms with E-state index in [1.807, 2.05) is 6.08 Å². The maximum absolute atomic E-state index is 5.42. The molecule has 0 N–H and O–H groups in total. The molecule has 0 aliphatic rings. The molecule has 0 fully saturated rings. The molecule has 0 heterocycles. The number of hydrogen-bond donors (Lipinski definition) is 0. The predicted molar refractivity (Wildman–Crippen MR) is 44.8 cm³/mol. The highest BCUT2D eigenvalue weighted by atomic mass is 28.1. The standard InChI is InChI=1S/C7H16OSi/c1-3-5-7(4-2)8-6-9/h3,7H,1,4-6H2,2,9H3. The molecule has 0 aliphatic carbocycles.